The van der Waals surface area contributed by atoms with Crippen molar-refractivity contribution in [2.24, 2.45) is 5.92 Å². The molecular formula is C42H80O. The molecule has 0 aliphatic heterocycles. The number of aromatic hydroxyl groups is 1. The lowest BCUT2D eigenvalue weighted by atomic mass is 9.89. The fourth-order valence-electron chi connectivity index (χ4n) is 6.45. The van der Waals surface area contributed by atoms with Gasteiger partial charge in [0.25, 0.3) is 0 Å². The maximum atomic E-state index is 8.63. The minimum absolute atomic E-state index is 0.322. The van der Waals surface area contributed by atoms with Crippen LogP contribution in [0.15, 0.2) is 30.3 Å². The Hall–Kier alpha value is -0.980. The average molecular weight is 601 g/mol. The lowest BCUT2D eigenvalue weighted by molar-refractivity contribution is 0.365. The molecule has 0 spiro atoms. The van der Waals surface area contributed by atoms with E-state index in [2.05, 4.69) is 20.8 Å². The number of hydrogen-bond donors (Lipinski definition) is 1. The van der Waals surface area contributed by atoms with Crippen LogP contribution in [-0.4, -0.2) is 5.11 Å². The van der Waals surface area contributed by atoms with Gasteiger partial charge in [-0.3, -0.25) is 0 Å². The maximum absolute atomic E-state index is 8.63. The van der Waals surface area contributed by atoms with E-state index in [0.717, 1.165) is 5.92 Å². The fraction of sp³-hybridized carbons (Fsp3) is 0.857. The van der Waals surface area contributed by atoms with Crippen molar-refractivity contribution in [1.82, 2.24) is 0 Å². The molecule has 0 unspecified atom stereocenters. The van der Waals surface area contributed by atoms with Crippen LogP contribution in [0.5, 0.6) is 5.75 Å². The molecule has 0 radical (unpaired) electrons. The van der Waals surface area contributed by atoms with Gasteiger partial charge < -0.3 is 5.11 Å². The maximum Gasteiger partial charge on any atom is 0.115 e. The van der Waals surface area contributed by atoms with Gasteiger partial charge in [-0.1, -0.05) is 244 Å². The van der Waals surface area contributed by atoms with Gasteiger partial charge in [0, 0.05) is 0 Å². The van der Waals surface area contributed by atoms with Crippen LogP contribution in [0.4, 0.5) is 0 Å². The van der Waals surface area contributed by atoms with Crippen molar-refractivity contribution < 1.29 is 5.11 Å². The molecule has 43 heavy (non-hydrogen) atoms. The summed E-state index contributed by atoms with van der Waals surface area (Å²) in [5, 5.41) is 8.63. The summed E-state index contributed by atoms with van der Waals surface area (Å²) in [5.74, 6) is 1.36. The highest BCUT2D eigenvalue weighted by atomic mass is 16.3. The van der Waals surface area contributed by atoms with E-state index in [9.17, 15) is 0 Å². The Bertz CT molecular complexity index is 572. The average Bonchev–Trinajstić information content (AvgIpc) is 3.02. The largest absolute Gasteiger partial charge is 0.508 e. The normalized spacial score (nSPS) is 11.2. The Balaban J connectivity index is 0.00000218. The van der Waals surface area contributed by atoms with Gasteiger partial charge in [-0.15, -0.1) is 0 Å². The van der Waals surface area contributed by atoms with E-state index < -0.39 is 0 Å². The van der Waals surface area contributed by atoms with E-state index in [-0.39, 0.29) is 0 Å². The monoisotopic (exact) mass is 601 g/mol. The van der Waals surface area contributed by atoms with Gasteiger partial charge in [-0.25, -0.2) is 0 Å². The lowest BCUT2D eigenvalue weighted by Gasteiger charge is -2.17. The smallest absolute Gasteiger partial charge is 0.115 e. The molecule has 1 aromatic rings. The van der Waals surface area contributed by atoms with Gasteiger partial charge in [0.15, 0.2) is 0 Å². The van der Waals surface area contributed by atoms with Crippen LogP contribution in [0.3, 0.4) is 0 Å². The number of rotatable bonds is 32. The lowest BCUT2D eigenvalue weighted by Crippen LogP contribution is -2.01. The van der Waals surface area contributed by atoms with E-state index in [1.165, 1.54) is 205 Å². The van der Waals surface area contributed by atoms with Crippen molar-refractivity contribution in [2.45, 2.75) is 226 Å². The van der Waals surface area contributed by atoms with Crippen molar-refractivity contribution in [1.29, 1.82) is 0 Å². The fourth-order valence-corrected chi connectivity index (χ4v) is 6.45. The van der Waals surface area contributed by atoms with E-state index >= 15 is 0 Å². The quantitative estimate of drug-likeness (QED) is 0.0815. The Labute approximate surface area is 272 Å². The summed E-state index contributed by atoms with van der Waals surface area (Å²) in [6.45, 7) is 6.96. The summed E-state index contributed by atoms with van der Waals surface area (Å²) in [6, 6.07) is 8.71. The predicted octanol–water partition coefficient (Wildman–Crippen LogP) is 15.5. The molecule has 1 rings (SSSR count). The first-order valence-corrected chi connectivity index (χ1v) is 20.0. The number of para-hydroxylation sites is 1. The van der Waals surface area contributed by atoms with Crippen molar-refractivity contribution in [3.63, 3.8) is 0 Å². The molecule has 0 fully saturated rings. The third-order valence-electron chi connectivity index (χ3n) is 9.40. The molecular weight excluding hydrogens is 520 g/mol. The topological polar surface area (TPSA) is 20.2 Å². The zero-order chi connectivity index (χ0) is 31.3. The van der Waals surface area contributed by atoms with Crippen LogP contribution in [0, 0.1) is 5.92 Å². The van der Waals surface area contributed by atoms with E-state index in [4.69, 9.17) is 5.11 Å². The second-order valence-electron chi connectivity index (χ2n) is 13.8. The highest BCUT2D eigenvalue weighted by molar-refractivity contribution is 5.18. The molecule has 0 saturated heterocycles. The molecule has 1 aromatic carbocycles. The highest BCUT2D eigenvalue weighted by Gasteiger charge is 2.09. The zero-order valence-electron chi connectivity index (χ0n) is 30.0. The summed E-state index contributed by atoms with van der Waals surface area (Å²) in [5.41, 5.74) is 0. The van der Waals surface area contributed by atoms with Crippen LogP contribution < -0.4 is 0 Å². The number of phenolic OH excluding ortho intramolecular Hbond substituents is 1. The molecule has 0 aromatic heterocycles. The molecule has 1 nitrogen and oxygen atoms in total. The summed E-state index contributed by atoms with van der Waals surface area (Å²) >= 11 is 0. The van der Waals surface area contributed by atoms with Crippen LogP contribution in [0.2, 0.25) is 0 Å². The van der Waals surface area contributed by atoms with Gasteiger partial charge in [-0.2, -0.15) is 0 Å². The third-order valence-corrected chi connectivity index (χ3v) is 9.40. The molecule has 1 N–H and O–H groups in total. The molecule has 0 saturated carbocycles. The summed E-state index contributed by atoms with van der Waals surface area (Å²) < 4.78 is 0. The highest BCUT2D eigenvalue weighted by Crippen LogP contribution is 2.25. The Morgan fingerprint density at radius 2 is 0.581 bits per heavy atom. The zero-order valence-corrected chi connectivity index (χ0v) is 30.0. The van der Waals surface area contributed by atoms with E-state index in [1.54, 1.807) is 24.3 Å². The summed E-state index contributed by atoms with van der Waals surface area (Å²) in [6.07, 6.45) is 47.3. The van der Waals surface area contributed by atoms with Crippen molar-refractivity contribution in [2.75, 3.05) is 0 Å². The van der Waals surface area contributed by atoms with Gasteiger partial charge >= 0.3 is 0 Å². The molecule has 0 bridgehead atoms. The molecule has 0 amide bonds. The SMILES string of the molecule is CCCCCCCCCCCCC(CCCCCCCCCCC)CCCCCCCCCCCC.Oc1ccccc1. The minimum atomic E-state index is 0.322. The van der Waals surface area contributed by atoms with Crippen molar-refractivity contribution in [3.8, 4) is 5.75 Å². The minimum Gasteiger partial charge on any atom is -0.508 e. The van der Waals surface area contributed by atoms with Crippen molar-refractivity contribution in [3.05, 3.63) is 30.3 Å². The van der Waals surface area contributed by atoms with Crippen LogP contribution in [0.25, 0.3) is 0 Å². The van der Waals surface area contributed by atoms with Gasteiger partial charge in [-0.05, 0) is 18.1 Å². The standard InChI is InChI=1S/C36H74.C6H6O/c1-4-7-10-13-16-19-22-25-28-31-34-36(33-30-27-24-21-18-15-12-9-6-3)35-32-29-26-23-20-17-14-11-8-5-2;7-6-4-2-1-3-5-6/h36H,4-35H2,1-3H3;1-5,7H. The first-order valence-electron chi connectivity index (χ1n) is 20.0. The van der Waals surface area contributed by atoms with Gasteiger partial charge in [0.05, 0.1) is 0 Å². The number of unbranched alkanes of at least 4 members (excludes halogenated alkanes) is 26. The Kier molecular flexibility index (Phi) is 36.4. The molecule has 254 valence electrons. The van der Waals surface area contributed by atoms with Crippen LogP contribution in [0.1, 0.15) is 226 Å². The van der Waals surface area contributed by atoms with Gasteiger partial charge in [0.1, 0.15) is 5.75 Å². The van der Waals surface area contributed by atoms with Crippen molar-refractivity contribution >= 4 is 0 Å². The summed E-state index contributed by atoms with van der Waals surface area (Å²) in [4.78, 5) is 0. The van der Waals surface area contributed by atoms with Gasteiger partial charge in [0.2, 0.25) is 0 Å². The number of benzene rings is 1. The molecule has 0 atom stereocenters. The first kappa shape index (κ1) is 42.0. The van der Waals surface area contributed by atoms with E-state index in [0.29, 0.717) is 5.75 Å². The molecule has 1 heteroatoms. The van der Waals surface area contributed by atoms with Crippen LogP contribution >= 0.6 is 0 Å². The molecule has 0 heterocycles. The Morgan fingerprint density at radius 3 is 0.791 bits per heavy atom. The van der Waals surface area contributed by atoms with Crippen LogP contribution in [-0.2, 0) is 0 Å². The third kappa shape index (κ3) is 35.4. The first-order chi connectivity index (χ1) is 21.2. The molecule has 0 aliphatic carbocycles. The second kappa shape index (κ2) is 37.2. The number of phenols is 1. The molecule has 0 aliphatic rings. The van der Waals surface area contributed by atoms with E-state index in [1.807, 2.05) is 6.07 Å². The summed E-state index contributed by atoms with van der Waals surface area (Å²) in [7, 11) is 0. The predicted molar refractivity (Wildman–Crippen MR) is 196 cm³/mol. The Morgan fingerprint density at radius 1 is 0.349 bits per heavy atom. The number of hydrogen-bond acceptors (Lipinski definition) is 1. The second-order valence-corrected chi connectivity index (χ2v) is 13.8.